The molecule has 1 atom stereocenters. The molecule has 1 heterocycles. The predicted molar refractivity (Wildman–Crippen MR) is 73.8 cm³/mol. The van der Waals surface area contributed by atoms with Crippen molar-refractivity contribution < 1.29 is 27.5 Å². The van der Waals surface area contributed by atoms with Crippen LogP contribution in [0, 0.1) is 0 Å². The Balaban J connectivity index is 2.60. The molecule has 0 unspecified atom stereocenters. The molecule has 2 N–H and O–H groups in total. The van der Waals surface area contributed by atoms with E-state index in [4.69, 9.17) is 11.6 Å². The summed E-state index contributed by atoms with van der Waals surface area (Å²) in [6.07, 6.45) is -4.36. The molecular formula is C11H11ClF3N5O3. The molecule has 126 valence electrons. The molecule has 0 saturated carbocycles. The minimum atomic E-state index is -5.11. The Hall–Kier alpha value is -2.43. The van der Waals surface area contributed by atoms with Crippen LogP contribution in [0.5, 0.6) is 0 Å². The Bertz CT molecular complexity index is 579. The Kier molecular flexibility index (Phi) is 6.69. The molecule has 0 bridgehead atoms. The second kappa shape index (κ2) is 8.27. The molecule has 1 amide bonds. The van der Waals surface area contributed by atoms with E-state index in [9.17, 15) is 22.8 Å². The van der Waals surface area contributed by atoms with Gasteiger partial charge in [-0.2, -0.15) is 18.3 Å². The molecule has 1 rings (SSSR count). The lowest BCUT2D eigenvalue weighted by molar-refractivity contribution is -0.175. The summed E-state index contributed by atoms with van der Waals surface area (Å²) in [5.41, 5.74) is 2.42. The number of esters is 1. The first-order valence-corrected chi connectivity index (χ1v) is 6.34. The zero-order chi connectivity index (χ0) is 17.5. The highest BCUT2D eigenvalue weighted by Gasteiger charge is 2.40. The normalized spacial score (nSPS) is 12.7. The lowest BCUT2D eigenvalue weighted by atomic mass is 10.2. The fourth-order valence-electron chi connectivity index (χ4n) is 1.24. The number of nitrogens with one attached hydrogen (secondary N) is 2. The van der Waals surface area contributed by atoms with E-state index in [1.807, 2.05) is 0 Å². The third-order valence-corrected chi connectivity index (χ3v) is 2.49. The second-order valence-electron chi connectivity index (χ2n) is 3.95. The number of alkyl halides is 3. The van der Waals surface area contributed by atoms with Gasteiger partial charge >= 0.3 is 18.1 Å². The van der Waals surface area contributed by atoms with Crippen molar-refractivity contribution in [1.82, 2.24) is 15.5 Å². The van der Waals surface area contributed by atoms with E-state index >= 15 is 0 Å². The summed E-state index contributed by atoms with van der Waals surface area (Å²) >= 11 is 5.53. The van der Waals surface area contributed by atoms with E-state index in [-0.39, 0.29) is 17.4 Å². The van der Waals surface area contributed by atoms with Crippen molar-refractivity contribution in [1.29, 1.82) is 0 Å². The average molecular weight is 354 g/mol. The van der Waals surface area contributed by atoms with Crippen molar-refractivity contribution in [3.8, 4) is 0 Å². The highest BCUT2D eigenvalue weighted by atomic mass is 35.5. The molecule has 0 aliphatic heterocycles. The van der Waals surface area contributed by atoms with Gasteiger partial charge in [-0.3, -0.25) is 10.2 Å². The average Bonchev–Trinajstić information content (AvgIpc) is 2.50. The number of methoxy groups -OCH3 is 1. The first-order valence-electron chi connectivity index (χ1n) is 5.96. The summed E-state index contributed by atoms with van der Waals surface area (Å²) in [6, 6.07) is 1.36. The molecule has 1 aromatic rings. The van der Waals surface area contributed by atoms with Crippen molar-refractivity contribution in [3.63, 3.8) is 0 Å². The number of hydrazone groups is 1. The van der Waals surface area contributed by atoms with Gasteiger partial charge < -0.3 is 10.1 Å². The standard InChI is InChI=1S/C11H11ClF3N5O3/c1-23-9(21)6(17-10(22)11(13,14)15)4-5-16-19-8-3-2-7(12)18-20-8/h2-3,5-6H,4H2,1H3,(H,17,22)(H,19,20)/b16-5+/t6-/m1/s1. The van der Waals surface area contributed by atoms with Gasteiger partial charge in [-0.05, 0) is 12.1 Å². The molecule has 12 heteroatoms. The molecule has 0 aliphatic rings. The maximum absolute atomic E-state index is 12.2. The minimum absolute atomic E-state index is 0.167. The molecule has 23 heavy (non-hydrogen) atoms. The molecule has 0 aliphatic carbocycles. The van der Waals surface area contributed by atoms with Crippen LogP contribution < -0.4 is 10.7 Å². The summed E-state index contributed by atoms with van der Waals surface area (Å²) in [6.45, 7) is 0. The highest BCUT2D eigenvalue weighted by Crippen LogP contribution is 2.15. The maximum atomic E-state index is 12.2. The van der Waals surface area contributed by atoms with Gasteiger partial charge in [0.25, 0.3) is 0 Å². The quantitative estimate of drug-likeness (QED) is 0.451. The van der Waals surface area contributed by atoms with Crippen LogP contribution in [0.15, 0.2) is 17.2 Å². The van der Waals surface area contributed by atoms with Crippen LogP contribution in [0.25, 0.3) is 0 Å². The first-order chi connectivity index (χ1) is 10.7. The summed E-state index contributed by atoms with van der Waals surface area (Å²) in [5, 5.41) is 12.4. The number of amides is 1. The van der Waals surface area contributed by atoms with Gasteiger partial charge in [-0.25, -0.2) is 4.79 Å². The molecule has 0 saturated heterocycles. The van der Waals surface area contributed by atoms with Gasteiger partial charge in [0.1, 0.15) is 6.04 Å². The van der Waals surface area contributed by atoms with E-state index in [0.29, 0.717) is 0 Å². The smallest absolute Gasteiger partial charge is 0.467 e. The van der Waals surface area contributed by atoms with E-state index in [2.05, 4.69) is 25.5 Å². The number of hydrogen-bond acceptors (Lipinski definition) is 7. The number of anilines is 1. The van der Waals surface area contributed by atoms with Crippen molar-refractivity contribution in [2.24, 2.45) is 5.10 Å². The Labute approximate surface area is 133 Å². The number of hydrogen-bond donors (Lipinski definition) is 2. The van der Waals surface area contributed by atoms with Gasteiger partial charge in [0.05, 0.1) is 7.11 Å². The van der Waals surface area contributed by atoms with Crippen molar-refractivity contribution in [3.05, 3.63) is 17.3 Å². The largest absolute Gasteiger partial charge is 0.471 e. The predicted octanol–water partition coefficient (Wildman–Crippen LogP) is 1.14. The molecule has 0 aromatic carbocycles. The zero-order valence-corrected chi connectivity index (χ0v) is 12.4. The molecule has 0 spiro atoms. The first kappa shape index (κ1) is 18.6. The molecule has 1 aromatic heterocycles. The number of carbonyl (C=O) groups is 2. The van der Waals surface area contributed by atoms with E-state index in [1.165, 1.54) is 17.4 Å². The van der Waals surface area contributed by atoms with Crippen molar-refractivity contribution in [2.75, 3.05) is 12.5 Å². The number of ether oxygens (including phenoxy) is 1. The van der Waals surface area contributed by atoms with Gasteiger partial charge in [0.15, 0.2) is 11.0 Å². The Morgan fingerprint density at radius 3 is 2.65 bits per heavy atom. The fourth-order valence-corrected chi connectivity index (χ4v) is 1.34. The third kappa shape index (κ3) is 6.46. The van der Waals surface area contributed by atoms with Gasteiger partial charge in [0.2, 0.25) is 0 Å². The van der Waals surface area contributed by atoms with E-state index in [0.717, 1.165) is 13.3 Å². The topological polar surface area (TPSA) is 106 Å². The highest BCUT2D eigenvalue weighted by molar-refractivity contribution is 6.29. The number of carbonyl (C=O) groups excluding carboxylic acids is 2. The van der Waals surface area contributed by atoms with Crippen LogP contribution in [0.2, 0.25) is 5.15 Å². The van der Waals surface area contributed by atoms with Crippen LogP contribution in [0.1, 0.15) is 6.42 Å². The monoisotopic (exact) mass is 353 g/mol. The van der Waals surface area contributed by atoms with Crippen LogP contribution in [-0.4, -0.2) is 47.6 Å². The minimum Gasteiger partial charge on any atom is -0.467 e. The number of halogens is 4. The van der Waals surface area contributed by atoms with Crippen LogP contribution >= 0.6 is 11.6 Å². The van der Waals surface area contributed by atoms with Crippen molar-refractivity contribution >= 4 is 35.5 Å². The molecule has 0 radical (unpaired) electrons. The molecular weight excluding hydrogens is 343 g/mol. The lowest BCUT2D eigenvalue weighted by Gasteiger charge is -2.15. The molecule has 0 fully saturated rings. The molecule has 8 nitrogen and oxygen atoms in total. The van der Waals surface area contributed by atoms with E-state index < -0.39 is 24.1 Å². The second-order valence-corrected chi connectivity index (χ2v) is 4.33. The SMILES string of the molecule is COC(=O)[C@@H](C/C=N/Nc1ccc(Cl)nn1)NC(=O)C(F)(F)F. The maximum Gasteiger partial charge on any atom is 0.471 e. The van der Waals surface area contributed by atoms with Crippen molar-refractivity contribution in [2.45, 2.75) is 18.6 Å². The lowest BCUT2D eigenvalue weighted by Crippen LogP contribution is -2.47. The van der Waals surface area contributed by atoms with E-state index in [1.54, 1.807) is 0 Å². The number of aromatic nitrogens is 2. The third-order valence-electron chi connectivity index (χ3n) is 2.29. The Morgan fingerprint density at radius 2 is 2.13 bits per heavy atom. The van der Waals surface area contributed by atoms with Crippen LogP contribution in [-0.2, 0) is 14.3 Å². The number of rotatable bonds is 6. The fraction of sp³-hybridized carbons (Fsp3) is 0.364. The summed E-state index contributed by atoms with van der Waals surface area (Å²) in [4.78, 5) is 22.2. The summed E-state index contributed by atoms with van der Waals surface area (Å²) in [5.74, 6) is -3.07. The van der Waals surface area contributed by atoms with Gasteiger partial charge in [0, 0.05) is 12.6 Å². The van der Waals surface area contributed by atoms with Crippen LogP contribution in [0.3, 0.4) is 0 Å². The van der Waals surface area contributed by atoms with Gasteiger partial charge in [-0.1, -0.05) is 11.6 Å². The number of nitrogens with zero attached hydrogens (tertiary/aromatic N) is 3. The summed E-state index contributed by atoms with van der Waals surface area (Å²) < 4.78 is 40.9. The Morgan fingerprint density at radius 1 is 1.43 bits per heavy atom. The van der Waals surface area contributed by atoms with Gasteiger partial charge in [-0.15, -0.1) is 10.2 Å². The summed E-state index contributed by atoms with van der Waals surface area (Å²) in [7, 11) is 0.980. The zero-order valence-electron chi connectivity index (χ0n) is 11.6. The van der Waals surface area contributed by atoms with Crippen LogP contribution in [0.4, 0.5) is 19.0 Å².